The van der Waals surface area contributed by atoms with E-state index in [4.69, 9.17) is 0 Å². The Morgan fingerprint density at radius 1 is 1.24 bits per heavy atom. The maximum atomic E-state index is 13.9. The van der Waals surface area contributed by atoms with Gasteiger partial charge in [-0.1, -0.05) is 0 Å². The van der Waals surface area contributed by atoms with Crippen LogP contribution in [0.3, 0.4) is 0 Å². The first kappa shape index (κ1) is 15.3. The van der Waals surface area contributed by atoms with E-state index in [1.807, 2.05) is 13.8 Å². The number of rotatable bonds is 3. The van der Waals surface area contributed by atoms with Crippen LogP contribution < -0.4 is 5.32 Å². The van der Waals surface area contributed by atoms with Gasteiger partial charge in [0.1, 0.15) is 5.82 Å². The minimum atomic E-state index is -4.52. The molecule has 0 saturated carbocycles. The van der Waals surface area contributed by atoms with Crippen LogP contribution in [0, 0.1) is 12.7 Å². The van der Waals surface area contributed by atoms with Gasteiger partial charge in [0.25, 0.3) is 0 Å². The van der Waals surface area contributed by atoms with Gasteiger partial charge in [0.2, 0.25) is 5.95 Å². The average Bonchev–Trinajstić information content (AvgIpc) is 2.68. The molecule has 2 rings (SSSR count). The van der Waals surface area contributed by atoms with E-state index >= 15 is 0 Å². The van der Waals surface area contributed by atoms with Gasteiger partial charge in [-0.2, -0.15) is 13.2 Å². The van der Waals surface area contributed by atoms with Crippen molar-refractivity contribution >= 4 is 5.95 Å². The van der Waals surface area contributed by atoms with Crippen molar-refractivity contribution in [3.8, 4) is 5.69 Å². The summed E-state index contributed by atoms with van der Waals surface area (Å²) in [5.74, 6) is -0.437. The summed E-state index contributed by atoms with van der Waals surface area (Å²) >= 11 is 0. The van der Waals surface area contributed by atoms with Crippen molar-refractivity contribution in [3.63, 3.8) is 0 Å². The zero-order valence-electron chi connectivity index (χ0n) is 11.8. The number of imidazole rings is 1. The first-order valence-corrected chi connectivity index (χ1v) is 6.38. The molecule has 0 aliphatic heterocycles. The van der Waals surface area contributed by atoms with Crippen LogP contribution in [0.15, 0.2) is 24.4 Å². The number of hydrogen-bond acceptors (Lipinski definition) is 2. The highest BCUT2D eigenvalue weighted by molar-refractivity contribution is 5.46. The molecule has 1 aromatic carbocycles. The third kappa shape index (κ3) is 3.34. The summed E-state index contributed by atoms with van der Waals surface area (Å²) < 4.78 is 53.5. The van der Waals surface area contributed by atoms with Crippen LogP contribution in [0.25, 0.3) is 5.69 Å². The Morgan fingerprint density at radius 3 is 2.48 bits per heavy atom. The number of aromatic nitrogens is 2. The second-order valence-corrected chi connectivity index (χ2v) is 5.04. The Morgan fingerprint density at radius 2 is 1.90 bits per heavy atom. The van der Waals surface area contributed by atoms with Crippen LogP contribution in [0.1, 0.15) is 25.1 Å². The second kappa shape index (κ2) is 5.38. The summed E-state index contributed by atoms with van der Waals surface area (Å²) in [6.45, 7) is 5.40. The molecule has 3 nitrogen and oxygen atoms in total. The molecule has 0 aliphatic carbocycles. The second-order valence-electron chi connectivity index (χ2n) is 5.04. The smallest absolute Gasteiger partial charge is 0.353 e. The summed E-state index contributed by atoms with van der Waals surface area (Å²) in [7, 11) is 0. The lowest BCUT2D eigenvalue weighted by Gasteiger charge is -2.14. The molecule has 21 heavy (non-hydrogen) atoms. The normalized spacial score (nSPS) is 12.0. The predicted octanol–water partition coefficient (Wildman–Crippen LogP) is 4.16. The lowest BCUT2D eigenvalue weighted by atomic mass is 10.2. The van der Waals surface area contributed by atoms with E-state index < -0.39 is 17.6 Å². The van der Waals surface area contributed by atoms with E-state index in [1.54, 1.807) is 6.92 Å². The molecule has 0 aliphatic rings. The minimum absolute atomic E-state index is 0.0133. The molecule has 1 aromatic heterocycles. The standard InChI is InChI=1S/C14H15F4N3/c1-8(2)19-13-20-9(3)7-21(13)12-6-10(14(16,17)18)4-5-11(12)15/h4-8H,1-3H3,(H,19,20). The van der Waals surface area contributed by atoms with E-state index in [-0.39, 0.29) is 11.7 Å². The number of anilines is 1. The highest BCUT2D eigenvalue weighted by Gasteiger charge is 2.31. The molecule has 0 bridgehead atoms. The van der Waals surface area contributed by atoms with Crippen molar-refractivity contribution in [1.82, 2.24) is 9.55 Å². The van der Waals surface area contributed by atoms with Crippen LogP contribution in [0.2, 0.25) is 0 Å². The summed E-state index contributed by atoms with van der Waals surface area (Å²) in [6.07, 6.45) is -3.03. The van der Waals surface area contributed by atoms with Crippen molar-refractivity contribution in [2.45, 2.75) is 33.0 Å². The predicted molar refractivity (Wildman–Crippen MR) is 72.0 cm³/mol. The largest absolute Gasteiger partial charge is 0.416 e. The van der Waals surface area contributed by atoms with Gasteiger partial charge in [0.05, 0.1) is 16.9 Å². The van der Waals surface area contributed by atoms with Gasteiger partial charge in [0.15, 0.2) is 0 Å². The third-order valence-corrected chi connectivity index (χ3v) is 2.78. The lowest BCUT2D eigenvalue weighted by molar-refractivity contribution is -0.137. The highest BCUT2D eigenvalue weighted by Crippen LogP contribution is 2.32. The number of halogens is 4. The van der Waals surface area contributed by atoms with Crippen molar-refractivity contribution in [3.05, 3.63) is 41.5 Å². The number of benzene rings is 1. The Labute approximate surface area is 119 Å². The molecule has 0 saturated heterocycles. The Balaban J connectivity index is 2.56. The van der Waals surface area contributed by atoms with E-state index in [2.05, 4.69) is 10.3 Å². The van der Waals surface area contributed by atoms with Gasteiger partial charge in [-0.15, -0.1) is 0 Å². The number of aryl methyl sites for hydroxylation is 1. The van der Waals surface area contributed by atoms with Gasteiger partial charge in [-0.05, 0) is 39.0 Å². The lowest BCUT2D eigenvalue weighted by Crippen LogP contribution is -2.15. The molecule has 0 spiro atoms. The average molecular weight is 301 g/mol. The number of nitrogens with one attached hydrogen (secondary N) is 1. The van der Waals surface area contributed by atoms with Crippen LogP contribution in [-0.2, 0) is 6.18 Å². The molecule has 0 atom stereocenters. The van der Waals surface area contributed by atoms with Gasteiger partial charge >= 0.3 is 6.18 Å². The van der Waals surface area contributed by atoms with E-state index in [9.17, 15) is 17.6 Å². The van der Waals surface area contributed by atoms with E-state index in [1.165, 1.54) is 10.8 Å². The third-order valence-electron chi connectivity index (χ3n) is 2.78. The fourth-order valence-corrected chi connectivity index (χ4v) is 1.92. The van der Waals surface area contributed by atoms with Crippen molar-refractivity contribution in [2.24, 2.45) is 0 Å². The quantitative estimate of drug-likeness (QED) is 0.863. The fraction of sp³-hybridized carbons (Fsp3) is 0.357. The molecule has 114 valence electrons. The molecule has 0 fully saturated rings. The highest BCUT2D eigenvalue weighted by atomic mass is 19.4. The van der Waals surface area contributed by atoms with Crippen LogP contribution in [-0.4, -0.2) is 15.6 Å². The van der Waals surface area contributed by atoms with Crippen molar-refractivity contribution < 1.29 is 17.6 Å². The number of hydrogen-bond donors (Lipinski definition) is 1. The Hall–Kier alpha value is -2.05. The van der Waals surface area contributed by atoms with Crippen molar-refractivity contribution in [2.75, 3.05) is 5.32 Å². The van der Waals surface area contributed by atoms with Gasteiger partial charge in [-0.25, -0.2) is 9.37 Å². The monoisotopic (exact) mass is 301 g/mol. The first-order chi connectivity index (χ1) is 9.68. The SMILES string of the molecule is Cc1cn(-c2cc(C(F)(F)F)ccc2F)c(NC(C)C)n1. The molecule has 1 heterocycles. The maximum Gasteiger partial charge on any atom is 0.416 e. The van der Waals surface area contributed by atoms with Crippen LogP contribution >= 0.6 is 0 Å². The van der Waals surface area contributed by atoms with Gasteiger partial charge in [-0.3, -0.25) is 4.57 Å². The Bertz CT molecular complexity index is 644. The summed E-state index contributed by atoms with van der Waals surface area (Å²) in [6, 6.07) is 2.33. The summed E-state index contributed by atoms with van der Waals surface area (Å²) in [5.41, 5.74) is -0.510. The van der Waals surface area contributed by atoms with Gasteiger partial charge < -0.3 is 5.32 Å². The number of nitrogens with zero attached hydrogens (tertiary/aromatic N) is 2. The summed E-state index contributed by atoms with van der Waals surface area (Å²) in [5, 5.41) is 2.98. The topological polar surface area (TPSA) is 29.9 Å². The summed E-state index contributed by atoms with van der Waals surface area (Å²) in [4.78, 5) is 4.16. The maximum absolute atomic E-state index is 13.9. The zero-order chi connectivity index (χ0) is 15.8. The van der Waals surface area contributed by atoms with Crippen molar-refractivity contribution in [1.29, 1.82) is 0 Å². The molecular formula is C14H15F4N3. The minimum Gasteiger partial charge on any atom is -0.353 e. The first-order valence-electron chi connectivity index (χ1n) is 6.38. The molecular weight excluding hydrogens is 286 g/mol. The molecule has 0 radical (unpaired) electrons. The Kier molecular flexibility index (Phi) is 3.93. The number of alkyl halides is 3. The van der Waals surface area contributed by atoms with E-state index in [0.717, 1.165) is 18.2 Å². The fourth-order valence-electron chi connectivity index (χ4n) is 1.92. The van der Waals surface area contributed by atoms with Crippen LogP contribution in [0.4, 0.5) is 23.5 Å². The van der Waals surface area contributed by atoms with Crippen LogP contribution in [0.5, 0.6) is 0 Å². The molecule has 1 N–H and O–H groups in total. The van der Waals surface area contributed by atoms with E-state index in [0.29, 0.717) is 11.6 Å². The molecule has 0 amide bonds. The molecule has 7 heteroatoms. The zero-order valence-corrected chi connectivity index (χ0v) is 11.8. The molecule has 2 aromatic rings. The molecule has 0 unspecified atom stereocenters. The van der Waals surface area contributed by atoms with Gasteiger partial charge in [0, 0.05) is 12.2 Å².